The first-order valence-electron chi connectivity index (χ1n) is 13.0. The minimum atomic E-state index is -3.81. The lowest BCUT2D eigenvalue weighted by Gasteiger charge is -2.33. The number of ether oxygens (including phenoxy) is 1. The highest BCUT2D eigenvalue weighted by Gasteiger charge is 2.32. The van der Waals surface area contributed by atoms with Crippen molar-refractivity contribution in [2.45, 2.75) is 52.4 Å². The van der Waals surface area contributed by atoms with E-state index in [0.29, 0.717) is 24.5 Å². The smallest absolute Gasteiger partial charge is 0.244 e. The highest BCUT2D eigenvalue weighted by Crippen LogP contribution is 2.23. The quantitative estimate of drug-likeness (QED) is 0.341. The first-order chi connectivity index (χ1) is 18.6. The van der Waals surface area contributed by atoms with Gasteiger partial charge in [0.2, 0.25) is 21.8 Å². The molecular formula is C30H37N3O5S. The number of sulfonamides is 1. The van der Waals surface area contributed by atoms with Gasteiger partial charge in [0.05, 0.1) is 11.9 Å². The molecule has 208 valence electrons. The van der Waals surface area contributed by atoms with Crippen molar-refractivity contribution in [2.75, 3.05) is 17.1 Å². The Morgan fingerprint density at radius 2 is 1.44 bits per heavy atom. The van der Waals surface area contributed by atoms with Crippen molar-refractivity contribution in [1.82, 2.24) is 10.2 Å². The van der Waals surface area contributed by atoms with Crippen LogP contribution in [0, 0.1) is 0 Å². The summed E-state index contributed by atoms with van der Waals surface area (Å²) in [5.41, 5.74) is 2.18. The van der Waals surface area contributed by atoms with Crippen molar-refractivity contribution in [2.24, 2.45) is 0 Å². The number of rotatable bonds is 13. The summed E-state index contributed by atoms with van der Waals surface area (Å²) >= 11 is 0. The van der Waals surface area contributed by atoms with Crippen LogP contribution in [0.3, 0.4) is 0 Å². The van der Waals surface area contributed by atoms with Gasteiger partial charge >= 0.3 is 0 Å². The Labute approximate surface area is 231 Å². The number of hydrogen-bond acceptors (Lipinski definition) is 5. The fourth-order valence-electron chi connectivity index (χ4n) is 4.14. The zero-order valence-corrected chi connectivity index (χ0v) is 23.7. The summed E-state index contributed by atoms with van der Waals surface area (Å²) in [5.74, 6) is -0.175. The van der Waals surface area contributed by atoms with Gasteiger partial charge in [-0.25, -0.2) is 8.42 Å². The molecular weight excluding hydrogens is 514 g/mol. The molecule has 0 aliphatic rings. The first-order valence-corrected chi connectivity index (χ1v) is 14.8. The van der Waals surface area contributed by atoms with E-state index in [1.54, 1.807) is 24.3 Å². The predicted molar refractivity (Wildman–Crippen MR) is 154 cm³/mol. The fourth-order valence-corrected chi connectivity index (χ4v) is 4.99. The highest BCUT2D eigenvalue weighted by atomic mass is 32.2. The summed E-state index contributed by atoms with van der Waals surface area (Å²) in [6, 6.07) is 24.7. The van der Waals surface area contributed by atoms with Crippen molar-refractivity contribution >= 4 is 27.5 Å². The maximum Gasteiger partial charge on any atom is 0.244 e. The lowest BCUT2D eigenvalue weighted by Crippen LogP contribution is -2.53. The van der Waals surface area contributed by atoms with Crippen LogP contribution in [-0.4, -0.2) is 50.0 Å². The molecule has 1 atom stereocenters. The van der Waals surface area contributed by atoms with Crippen molar-refractivity contribution in [3.8, 4) is 5.75 Å². The number of nitrogens with one attached hydrogen (secondary N) is 1. The van der Waals surface area contributed by atoms with Crippen LogP contribution in [0.4, 0.5) is 5.69 Å². The van der Waals surface area contributed by atoms with Crippen LogP contribution in [-0.2, 0) is 32.8 Å². The predicted octanol–water partition coefficient (Wildman–Crippen LogP) is 4.36. The van der Waals surface area contributed by atoms with Crippen molar-refractivity contribution < 1.29 is 22.7 Å². The van der Waals surface area contributed by atoms with Crippen molar-refractivity contribution in [3.05, 3.63) is 96.1 Å². The minimum Gasteiger partial charge on any atom is -0.489 e. The molecule has 2 amide bonds. The van der Waals surface area contributed by atoms with E-state index < -0.39 is 28.5 Å². The van der Waals surface area contributed by atoms with Gasteiger partial charge in [-0.15, -0.1) is 0 Å². The molecule has 39 heavy (non-hydrogen) atoms. The van der Waals surface area contributed by atoms with Gasteiger partial charge < -0.3 is 15.0 Å². The summed E-state index contributed by atoms with van der Waals surface area (Å²) < 4.78 is 32.5. The number of carbonyl (C=O) groups excluding carboxylic acids is 2. The van der Waals surface area contributed by atoms with Crippen molar-refractivity contribution in [1.29, 1.82) is 0 Å². The summed E-state index contributed by atoms with van der Waals surface area (Å²) in [6.45, 7) is 5.65. The van der Waals surface area contributed by atoms with Crippen LogP contribution >= 0.6 is 0 Å². The first kappa shape index (κ1) is 29.7. The molecule has 0 aromatic heterocycles. The van der Waals surface area contributed by atoms with Crippen LogP contribution in [0.25, 0.3) is 0 Å². The van der Waals surface area contributed by atoms with Gasteiger partial charge in [0.25, 0.3) is 0 Å². The van der Waals surface area contributed by atoms with Crippen molar-refractivity contribution in [3.63, 3.8) is 0 Å². The number of hydrogen-bond donors (Lipinski definition) is 1. The van der Waals surface area contributed by atoms with E-state index in [2.05, 4.69) is 5.32 Å². The van der Waals surface area contributed by atoms with Gasteiger partial charge in [-0.3, -0.25) is 13.9 Å². The summed E-state index contributed by atoms with van der Waals surface area (Å²) in [7, 11) is -3.81. The van der Waals surface area contributed by atoms with Crippen LogP contribution in [0.2, 0.25) is 0 Å². The van der Waals surface area contributed by atoms with Gasteiger partial charge in [-0.1, -0.05) is 67.6 Å². The Morgan fingerprint density at radius 3 is 1.95 bits per heavy atom. The average Bonchev–Trinajstić information content (AvgIpc) is 2.91. The minimum absolute atomic E-state index is 0.102. The molecule has 8 nitrogen and oxygen atoms in total. The zero-order valence-electron chi connectivity index (χ0n) is 22.9. The standard InChI is InChI=1S/C30H37N3O5S/c1-5-28(30(35)31-23(2)3)32(20-24-12-8-6-9-13-24)29(34)21-33(39(4,36)37)26-16-18-27(19-17-26)38-22-25-14-10-7-11-15-25/h6-19,23,28H,5,20-22H2,1-4H3,(H,31,35)/t28-/m0/s1. The third kappa shape index (κ3) is 8.85. The number of carbonyl (C=O) groups is 2. The molecule has 3 aromatic carbocycles. The Balaban J connectivity index is 1.83. The summed E-state index contributed by atoms with van der Waals surface area (Å²) in [4.78, 5) is 28.2. The molecule has 0 spiro atoms. The summed E-state index contributed by atoms with van der Waals surface area (Å²) in [6.07, 6.45) is 1.44. The van der Waals surface area contributed by atoms with E-state index in [1.165, 1.54) is 4.90 Å². The SMILES string of the molecule is CC[C@@H](C(=O)NC(C)C)N(Cc1ccccc1)C(=O)CN(c1ccc(OCc2ccccc2)cc1)S(C)(=O)=O. The number of nitrogens with zero attached hydrogens (tertiary/aromatic N) is 2. The molecule has 0 unspecified atom stereocenters. The second kappa shape index (κ2) is 13.8. The molecule has 3 aromatic rings. The Kier molecular flexibility index (Phi) is 10.5. The molecule has 0 aliphatic carbocycles. The largest absolute Gasteiger partial charge is 0.489 e. The summed E-state index contributed by atoms with van der Waals surface area (Å²) in [5, 5.41) is 2.88. The number of amides is 2. The monoisotopic (exact) mass is 551 g/mol. The van der Waals surface area contributed by atoms with Gasteiger partial charge in [-0.05, 0) is 55.7 Å². The molecule has 0 radical (unpaired) electrons. The number of anilines is 1. The van der Waals surface area contributed by atoms with Crippen LogP contribution < -0.4 is 14.4 Å². The molecule has 9 heteroatoms. The van der Waals surface area contributed by atoms with Crippen LogP contribution in [0.1, 0.15) is 38.3 Å². The molecule has 0 fully saturated rings. The zero-order chi connectivity index (χ0) is 28.4. The highest BCUT2D eigenvalue weighted by molar-refractivity contribution is 7.92. The van der Waals surface area contributed by atoms with E-state index in [0.717, 1.165) is 21.7 Å². The van der Waals surface area contributed by atoms with E-state index >= 15 is 0 Å². The molecule has 0 saturated heterocycles. The third-order valence-electron chi connectivity index (χ3n) is 6.06. The molecule has 0 heterocycles. The second-order valence-corrected chi connectivity index (χ2v) is 11.5. The van der Waals surface area contributed by atoms with Gasteiger partial charge in [-0.2, -0.15) is 0 Å². The molecule has 0 saturated carbocycles. The van der Waals surface area contributed by atoms with Gasteiger partial charge in [0, 0.05) is 12.6 Å². The molecule has 0 aliphatic heterocycles. The van der Waals surface area contributed by atoms with E-state index in [1.807, 2.05) is 81.4 Å². The molecule has 0 bridgehead atoms. The Hall–Kier alpha value is -3.85. The van der Waals surface area contributed by atoms with E-state index in [9.17, 15) is 18.0 Å². The fraction of sp³-hybridized carbons (Fsp3) is 0.333. The second-order valence-electron chi connectivity index (χ2n) is 9.63. The molecule has 3 rings (SSSR count). The van der Waals surface area contributed by atoms with Gasteiger partial charge in [0.1, 0.15) is 24.9 Å². The maximum atomic E-state index is 13.7. The molecule has 1 N–H and O–H groups in total. The third-order valence-corrected chi connectivity index (χ3v) is 7.21. The lowest BCUT2D eigenvalue weighted by atomic mass is 10.1. The van der Waals surface area contributed by atoms with E-state index in [4.69, 9.17) is 4.74 Å². The average molecular weight is 552 g/mol. The normalized spacial score (nSPS) is 12.0. The number of benzene rings is 3. The van der Waals surface area contributed by atoms with Crippen LogP contribution in [0.15, 0.2) is 84.9 Å². The lowest BCUT2D eigenvalue weighted by molar-refractivity contribution is -0.140. The topological polar surface area (TPSA) is 96.0 Å². The Bertz CT molecular complexity index is 1310. The van der Waals surface area contributed by atoms with Crippen LogP contribution in [0.5, 0.6) is 5.75 Å². The van der Waals surface area contributed by atoms with Gasteiger partial charge in [0.15, 0.2) is 0 Å². The maximum absolute atomic E-state index is 13.7. The van der Waals surface area contributed by atoms with E-state index in [-0.39, 0.29) is 18.5 Å². The Morgan fingerprint density at radius 1 is 0.872 bits per heavy atom.